The molecule has 5 aromatic rings. The lowest BCUT2D eigenvalue weighted by Crippen LogP contribution is -2.29. The van der Waals surface area contributed by atoms with Gasteiger partial charge in [0, 0.05) is 24.3 Å². The van der Waals surface area contributed by atoms with Crippen LogP contribution in [-0.2, 0) is 6.54 Å². The van der Waals surface area contributed by atoms with E-state index >= 15 is 0 Å². The van der Waals surface area contributed by atoms with Gasteiger partial charge in [-0.05, 0) is 42.5 Å². The van der Waals surface area contributed by atoms with Crippen LogP contribution in [0.1, 0.15) is 10.4 Å². The smallest absolute Gasteiger partial charge is 0.260 e. The summed E-state index contributed by atoms with van der Waals surface area (Å²) in [4.78, 5) is 24.2. The molecule has 2 aromatic heterocycles. The number of nitrogens with zero attached hydrogens (tertiary/aromatic N) is 5. The highest BCUT2D eigenvalue weighted by molar-refractivity contribution is 6.08. The average Bonchev–Trinajstić information content (AvgIpc) is 3.46. The van der Waals surface area contributed by atoms with Crippen molar-refractivity contribution in [3.05, 3.63) is 84.7 Å². The molecule has 6 rings (SSSR count). The minimum atomic E-state index is -0.0461. The highest BCUT2D eigenvalue weighted by Gasteiger charge is 2.29. The van der Waals surface area contributed by atoms with Gasteiger partial charge in [0.05, 0.1) is 22.1 Å². The summed E-state index contributed by atoms with van der Waals surface area (Å²) >= 11 is 0. The average molecular weight is 379 g/mol. The van der Waals surface area contributed by atoms with Crippen molar-refractivity contribution in [1.29, 1.82) is 0 Å². The van der Waals surface area contributed by atoms with Crippen LogP contribution < -0.4 is 4.90 Å². The highest BCUT2D eigenvalue weighted by Crippen LogP contribution is 2.29. The van der Waals surface area contributed by atoms with Crippen molar-refractivity contribution in [2.75, 3.05) is 11.4 Å². The summed E-state index contributed by atoms with van der Waals surface area (Å²) in [6.45, 7) is 1.38. The van der Waals surface area contributed by atoms with Gasteiger partial charge < -0.3 is 4.57 Å². The van der Waals surface area contributed by atoms with Gasteiger partial charge in [-0.2, -0.15) is 0 Å². The molecule has 6 heteroatoms. The molecule has 3 aromatic carbocycles. The number of aromatic nitrogens is 4. The number of fused-ring (bicyclic) bond motifs is 4. The Hall–Kier alpha value is -3.93. The Kier molecular flexibility index (Phi) is 3.34. The Morgan fingerprint density at radius 3 is 2.55 bits per heavy atom. The molecule has 1 aliphatic heterocycles. The molecule has 0 unspecified atom stereocenters. The van der Waals surface area contributed by atoms with Gasteiger partial charge in [0.25, 0.3) is 5.91 Å². The van der Waals surface area contributed by atoms with E-state index in [2.05, 4.69) is 14.5 Å². The Balaban J connectivity index is 1.38. The number of hydrogen-bond acceptors (Lipinski definition) is 3. The molecule has 0 bridgehead atoms. The molecule has 1 amide bonds. The summed E-state index contributed by atoms with van der Waals surface area (Å²) in [5.74, 6) is 0.668. The first-order chi connectivity index (χ1) is 14.3. The topological polar surface area (TPSA) is 56.0 Å². The van der Waals surface area contributed by atoms with E-state index in [9.17, 15) is 4.79 Å². The van der Waals surface area contributed by atoms with Crippen molar-refractivity contribution in [2.24, 2.45) is 0 Å². The van der Waals surface area contributed by atoms with Gasteiger partial charge in [0.15, 0.2) is 0 Å². The number of hydrogen-bond donors (Lipinski definition) is 0. The Morgan fingerprint density at radius 2 is 1.66 bits per heavy atom. The van der Waals surface area contributed by atoms with Crippen molar-refractivity contribution in [3.63, 3.8) is 0 Å². The van der Waals surface area contributed by atoms with E-state index in [0.717, 1.165) is 34.3 Å². The van der Waals surface area contributed by atoms with E-state index in [-0.39, 0.29) is 5.91 Å². The third-order valence-electron chi connectivity index (χ3n) is 5.50. The number of imidazole rings is 2. The number of benzene rings is 3. The van der Waals surface area contributed by atoms with E-state index in [1.165, 1.54) is 0 Å². The molecule has 140 valence electrons. The van der Waals surface area contributed by atoms with Crippen LogP contribution in [0.5, 0.6) is 0 Å². The lowest BCUT2D eigenvalue weighted by molar-refractivity contribution is 0.0989. The molecule has 0 atom stereocenters. The van der Waals surface area contributed by atoms with Crippen LogP contribution in [0.4, 0.5) is 5.95 Å². The van der Waals surface area contributed by atoms with Crippen LogP contribution in [0, 0.1) is 0 Å². The van der Waals surface area contributed by atoms with Crippen LogP contribution in [0.3, 0.4) is 0 Å². The molecule has 29 heavy (non-hydrogen) atoms. The molecule has 0 saturated heterocycles. The summed E-state index contributed by atoms with van der Waals surface area (Å²) in [6, 6.07) is 23.7. The van der Waals surface area contributed by atoms with Crippen molar-refractivity contribution in [1.82, 2.24) is 19.1 Å². The van der Waals surface area contributed by atoms with Gasteiger partial charge in [-0.1, -0.05) is 30.3 Å². The van der Waals surface area contributed by atoms with Crippen molar-refractivity contribution in [2.45, 2.75) is 6.54 Å². The Morgan fingerprint density at radius 1 is 0.828 bits per heavy atom. The maximum atomic E-state index is 13.2. The van der Waals surface area contributed by atoms with Crippen molar-refractivity contribution < 1.29 is 4.79 Å². The Labute approximate surface area is 166 Å². The zero-order valence-electron chi connectivity index (χ0n) is 15.6. The van der Waals surface area contributed by atoms with E-state index < -0.39 is 0 Å². The standard InChI is InChI=1S/C23H17N5O/c29-22(27-13-12-26-20-9-5-4-8-18(20)25-23(26)27)16-10-11-21-19(14-16)24-15-28(21)17-6-2-1-3-7-17/h1-11,14-15H,12-13H2. The maximum absolute atomic E-state index is 13.2. The second kappa shape index (κ2) is 6.04. The molecule has 0 spiro atoms. The lowest BCUT2D eigenvalue weighted by Gasteiger charge is -2.14. The summed E-state index contributed by atoms with van der Waals surface area (Å²) < 4.78 is 4.13. The molecule has 0 N–H and O–H groups in total. The monoisotopic (exact) mass is 379 g/mol. The second-order valence-electron chi connectivity index (χ2n) is 7.16. The quantitative estimate of drug-likeness (QED) is 0.465. The first-order valence-corrected chi connectivity index (χ1v) is 9.59. The number of amides is 1. The number of carbonyl (C=O) groups is 1. The SMILES string of the molecule is O=C(c1ccc2c(c1)ncn2-c1ccccc1)N1CCn2c1nc1ccccc12. The fraction of sp³-hybridized carbons (Fsp3) is 0.0870. The van der Waals surface area contributed by atoms with Gasteiger partial charge in [0.1, 0.15) is 6.33 Å². The van der Waals surface area contributed by atoms with E-state index in [4.69, 9.17) is 0 Å². The van der Waals surface area contributed by atoms with Gasteiger partial charge >= 0.3 is 0 Å². The fourth-order valence-electron chi connectivity index (χ4n) is 4.08. The van der Waals surface area contributed by atoms with Gasteiger partial charge in [-0.15, -0.1) is 0 Å². The van der Waals surface area contributed by atoms with Gasteiger partial charge in [-0.25, -0.2) is 9.97 Å². The number of para-hydroxylation sites is 3. The normalized spacial score (nSPS) is 13.3. The minimum absolute atomic E-state index is 0.0461. The first-order valence-electron chi connectivity index (χ1n) is 9.59. The van der Waals surface area contributed by atoms with Crippen LogP contribution in [0.25, 0.3) is 27.8 Å². The fourth-order valence-corrected chi connectivity index (χ4v) is 4.08. The zero-order valence-corrected chi connectivity index (χ0v) is 15.6. The summed E-state index contributed by atoms with van der Waals surface area (Å²) in [5.41, 5.74) is 5.42. The number of carbonyl (C=O) groups excluding carboxylic acids is 1. The van der Waals surface area contributed by atoms with Crippen LogP contribution in [0.15, 0.2) is 79.1 Å². The molecule has 0 radical (unpaired) electrons. The molecule has 1 aliphatic rings. The van der Waals surface area contributed by atoms with Crippen LogP contribution in [0.2, 0.25) is 0 Å². The molecule has 0 fully saturated rings. The maximum Gasteiger partial charge on any atom is 0.260 e. The lowest BCUT2D eigenvalue weighted by atomic mass is 10.1. The van der Waals surface area contributed by atoms with E-state index in [1.54, 1.807) is 11.2 Å². The zero-order chi connectivity index (χ0) is 19.4. The molecule has 3 heterocycles. The van der Waals surface area contributed by atoms with E-state index in [0.29, 0.717) is 18.1 Å². The predicted octanol–water partition coefficient (Wildman–Crippen LogP) is 4.04. The van der Waals surface area contributed by atoms with Crippen LogP contribution in [-0.4, -0.2) is 31.6 Å². The first kappa shape index (κ1) is 16.1. The largest absolute Gasteiger partial charge is 0.308 e. The summed E-state index contributed by atoms with van der Waals surface area (Å²) in [7, 11) is 0. The molecule has 6 nitrogen and oxygen atoms in total. The minimum Gasteiger partial charge on any atom is -0.308 e. The molecule has 0 aliphatic carbocycles. The Bertz CT molecular complexity index is 1380. The molecule has 0 saturated carbocycles. The summed E-state index contributed by atoms with van der Waals surface area (Å²) in [5, 5.41) is 0. The van der Waals surface area contributed by atoms with Crippen molar-refractivity contribution >= 4 is 33.9 Å². The summed E-state index contributed by atoms with van der Waals surface area (Å²) in [6.07, 6.45) is 1.80. The van der Waals surface area contributed by atoms with Crippen molar-refractivity contribution in [3.8, 4) is 5.69 Å². The number of rotatable bonds is 2. The molecular formula is C23H17N5O. The highest BCUT2D eigenvalue weighted by atomic mass is 16.2. The molecular weight excluding hydrogens is 362 g/mol. The second-order valence-corrected chi connectivity index (χ2v) is 7.16. The van der Waals surface area contributed by atoms with E-state index in [1.807, 2.05) is 77.4 Å². The number of anilines is 1. The van der Waals surface area contributed by atoms with Gasteiger partial charge in [-0.3, -0.25) is 14.3 Å². The third-order valence-corrected chi connectivity index (χ3v) is 5.50. The van der Waals surface area contributed by atoms with Crippen LogP contribution >= 0.6 is 0 Å². The predicted molar refractivity (Wildman–Crippen MR) is 112 cm³/mol. The van der Waals surface area contributed by atoms with Gasteiger partial charge in [0.2, 0.25) is 5.95 Å². The third kappa shape index (κ3) is 2.39.